The van der Waals surface area contributed by atoms with Gasteiger partial charge in [-0.2, -0.15) is 0 Å². The van der Waals surface area contributed by atoms with Gasteiger partial charge in [-0.3, -0.25) is 14.4 Å². The fourth-order valence-corrected chi connectivity index (χ4v) is 4.11. The van der Waals surface area contributed by atoms with E-state index in [-0.39, 0.29) is 24.2 Å². The average Bonchev–Trinajstić information content (AvgIpc) is 3.13. The van der Waals surface area contributed by atoms with E-state index in [0.717, 1.165) is 14.9 Å². The third-order valence-corrected chi connectivity index (χ3v) is 6.28. The molecule has 2 heterocycles. The van der Waals surface area contributed by atoms with Crippen LogP contribution in [0.1, 0.15) is 36.0 Å². The highest BCUT2D eigenvalue weighted by Gasteiger charge is 2.49. The highest BCUT2D eigenvalue weighted by molar-refractivity contribution is 9.10. The van der Waals surface area contributed by atoms with Crippen LogP contribution in [0.15, 0.2) is 57.4 Å². The molecule has 1 unspecified atom stereocenters. The third kappa shape index (κ3) is 4.20. The number of hydrogen-bond donors (Lipinski definition) is 1. The third-order valence-electron chi connectivity index (χ3n) is 5.79. The smallest absolute Gasteiger partial charge is 0.325 e. The van der Waals surface area contributed by atoms with Crippen molar-refractivity contribution in [1.82, 2.24) is 10.2 Å². The normalized spacial score (nSPS) is 18.8. The number of nitrogens with one attached hydrogen (secondary N) is 1. The van der Waals surface area contributed by atoms with E-state index in [1.54, 1.807) is 25.1 Å². The number of rotatable bonds is 5. The Kier molecular flexibility index (Phi) is 6.16. The standard InChI is InChI=1S/C24H23BrN2O6/c1-14(15-7-5-4-6-8-15)26-23(30)24(2)13-32-20-17-10-9-16(25)11-18(17)33-21(20)22(29)27(24)12-19(28)31-3/h4-11,14H,12-13H2,1-3H3,(H,26,30)/t14-,24?/m0/s1. The molecule has 0 aliphatic carbocycles. The molecule has 2 atom stereocenters. The van der Waals surface area contributed by atoms with Crippen LogP contribution in [-0.4, -0.2) is 48.5 Å². The zero-order chi connectivity index (χ0) is 23.8. The van der Waals surface area contributed by atoms with Crippen molar-refractivity contribution >= 4 is 44.7 Å². The van der Waals surface area contributed by atoms with E-state index in [2.05, 4.69) is 21.2 Å². The Morgan fingerprint density at radius 3 is 2.67 bits per heavy atom. The number of amides is 2. The van der Waals surface area contributed by atoms with Gasteiger partial charge in [-0.05, 0) is 37.6 Å². The van der Waals surface area contributed by atoms with E-state index in [4.69, 9.17) is 13.9 Å². The predicted molar refractivity (Wildman–Crippen MR) is 124 cm³/mol. The molecule has 0 saturated heterocycles. The van der Waals surface area contributed by atoms with Crippen molar-refractivity contribution in [3.05, 3.63) is 64.3 Å². The van der Waals surface area contributed by atoms with Crippen LogP contribution in [0.5, 0.6) is 5.75 Å². The molecule has 0 spiro atoms. The van der Waals surface area contributed by atoms with Crippen LogP contribution in [-0.2, 0) is 14.3 Å². The molecule has 2 amide bonds. The minimum atomic E-state index is -1.50. The number of furan rings is 1. The van der Waals surface area contributed by atoms with Crippen molar-refractivity contribution in [3.63, 3.8) is 0 Å². The second kappa shape index (κ2) is 8.90. The molecule has 1 aromatic heterocycles. The maximum atomic E-state index is 13.6. The molecule has 0 saturated carbocycles. The first-order chi connectivity index (χ1) is 15.7. The van der Waals surface area contributed by atoms with Crippen LogP contribution < -0.4 is 10.1 Å². The van der Waals surface area contributed by atoms with Gasteiger partial charge in [0.05, 0.1) is 18.5 Å². The predicted octanol–water partition coefficient (Wildman–Crippen LogP) is 3.84. The van der Waals surface area contributed by atoms with Gasteiger partial charge in [-0.25, -0.2) is 0 Å². The molecule has 172 valence electrons. The Labute approximate surface area is 198 Å². The topological polar surface area (TPSA) is 98.1 Å². The zero-order valence-electron chi connectivity index (χ0n) is 18.4. The monoisotopic (exact) mass is 514 g/mol. The van der Waals surface area contributed by atoms with Gasteiger partial charge in [0.1, 0.15) is 18.7 Å². The fourth-order valence-electron chi connectivity index (χ4n) is 3.77. The van der Waals surface area contributed by atoms with Crippen LogP contribution in [0.2, 0.25) is 0 Å². The van der Waals surface area contributed by atoms with E-state index >= 15 is 0 Å². The number of hydrogen-bond acceptors (Lipinski definition) is 6. The van der Waals surface area contributed by atoms with E-state index < -0.39 is 29.9 Å². The molecule has 0 fully saturated rings. The lowest BCUT2D eigenvalue weighted by Gasteiger charge is -2.37. The summed E-state index contributed by atoms with van der Waals surface area (Å²) in [5, 5.41) is 3.54. The largest absolute Gasteiger partial charge is 0.486 e. The number of esters is 1. The SMILES string of the molecule is COC(=O)CN1C(=O)c2oc3cc(Br)ccc3c2OCC1(C)C(=O)N[C@@H](C)c1ccccc1. The molecule has 1 aliphatic heterocycles. The second-order valence-corrected chi connectivity index (χ2v) is 8.95. The summed E-state index contributed by atoms with van der Waals surface area (Å²) in [6.07, 6.45) is 0. The molecule has 0 radical (unpaired) electrons. The lowest BCUT2D eigenvalue weighted by molar-refractivity contribution is -0.145. The Hall–Kier alpha value is -3.33. The van der Waals surface area contributed by atoms with Crippen molar-refractivity contribution in [2.24, 2.45) is 0 Å². The molecular formula is C24H23BrN2O6. The second-order valence-electron chi connectivity index (χ2n) is 8.04. The van der Waals surface area contributed by atoms with Crippen molar-refractivity contribution in [2.75, 3.05) is 20.3 Å². The number of nitrogens with zero attached hydrogens (tertiary/aromatic N) is 1. The summed E-state index contributed by atoms with van der Waals surface area (Å²) in [6, 6.07) is 14.4. The van der Waals surface area contributed by atoms with Crippen molar-refractivity contribution in [2.45, 2.75) is 25.4 Å². The average molecular weight is 515 g/mol. The van der Waals surface area contributed by atoms with Crippen LogP contribution in [0.4, 0.5) is 0 Å². The van der Waals surface area contributed by atoms with E-state index in [9.17, 15) is 14.4 Å². The van der Waals surface area contributed by atoms with Gasteiger partial charge in [0.2, 0.25) is 11.7 Å². The minimum absolute atomic E-state index is 0.0698. The van der Waals surface area contributed by atoms with Gasteiger partial charge in [0.15, 0.2) is 11.3 Å². The van der Waals surface area contributed by atoms with E-state index in [1.807, 2.05) is 37.3 Å². The number of carbonyl (C=O) groups excluding carboxylic acids is 3. The lowest BCUT2D eigenvalue weighted by Crippen LogP contribution is -2.62. The Morgan fingerprint density at radius 2 is 1.97 bits per heavy atom. The summed E-state index contributed by atoms with van der Waals surface area (Å²) in [7, 11) is 1.22. The minimum Gasteiger partial charge on any atom is -0.486 e. The van der Waals surface area contributed by atoms with Gasteiger partial charge in [-0.15, -0.1) is 0 Å². The maximum absolute atomic E-state index is 13.6. The van der Waals surface area contributed by atoms with Gasteiger partial charge < -0.3 is 24.1 Å². The molecule has 9 heteroatoms. The van der Waals surface area contributed by atoms with Crippen LogP contribution in [0, 0.1) is 0 Å². The number of benzene rings is 2. The Morgan fingerprint density at radius 1 is 1.24 bits per heavy atom. The lowest BCUT2D eigenvalue weighted by atomic mass is 9.97. The van der Waals surface area contributed by atoms with Crippen molar-refractivity contribution < 1.29 is 28.3 Å². The van der Waals surface area contributed by atoms with Gasteiger partial charge in [-0.1, -0.05) is 46.3 Å². The van der Waals surface area contributed by atoms with Crippen LogP contribution in [0.25, 0.3) is 11.0 Å². The van der Waals surface area contributed by atoms with E-state index in [1.165, 1.54) is 7.11 Å². The van der Waals surface area contributed by atoms with E-state index in [0.29, 0.717) is 11.0 Å². The summed E-state index contributed by atoms with van der Waals surface area (Å²) in [5.41, 5.74) is -0.151. The molecule has 1 aliphatic rings. The molecular weight excluding hydrogens is 492 g/mol. The molecule has 8 nitrogen and oxygen atoms in total. The first-order valence-electron chi connectivity index (χ1n) is 10.3. The van der Waals surface area contributed by atoms with Crippen LogP contribution in [0.3, 0.4) is 0 Å². The van der Waals surface area contributed by atoms with Crippen LogP contribution >= 0.6 is 15.9 Å². The van der Waals surface area contributed by atoms with Gasteiger partial charge >= 0.3 is 5.97 Å². The summed E-state index contributed by atoms with van der Waals surface area (Å²) in [6.45, 7) is 2.78. The molecule has 2 aromatic carbocycles. The molecule has 0 bridgehead atoms. The quantitative estimate of drug-likeness (QED) is 0.519. The van der Waals surface area contributed by atoms with Gasteiger partial charge in [0.25, 0.3) is 5.91 Å². The number of halogens is 1. The summed E-state index contributed by atoms with van der Waals surface area (Å²) >= 11 is 3.38. The fraction of sp³-hybridized carbons (Fsp3) is 0.292. The van der Waals surface area contributed by atoms with Crippen molar-refractivity contribution in [3.8, 4) is 5.75 Å². The van der Waals surface area contributed by atoms with Crippen molar-refractivity contribution in [1.29, 1.82) is 0 Å². The summed E-state index contributed by atoms with van der Waals surface area (Å²) < 4.78 is 17.4. The summed E-state index contributed by atoms with van der Waals surface area (Å²) in [4.78, 5) is 40.4. The maximum Gasteiger partial charge on any atom is 0.325 e. The Bertz CT molecular complexity index is 1220. The Balaban J connectivity index is 1.72. The first-order valence-corrected chi connectivity index (χ1v) is 11.1. The number of ether oxygens (including phenoxy) is 2. The number of methoxy groups -OCH3 is 1. The number of fused-ring (bicyclic) bond motifs is 3. The summed E-state index contributed by atoms with van der Waals surface area (Å²) in [5.74, 6) is -1.59. The van der Waals surface area contributed by atoms with Gasteiger partial charge in [0, 0.05) is 4.47 Å². The first kappa shape index (κ1) is 22.8. The molecule has 4 rings (SSSR count). The highest BCUT2D eigenvalue weighted by Crippen LogP contribution is 2.39. The number of carbonyl (C=O) groups is 3. The highest BCUT2D eigenvalue weighted by atomic mass is 79.9. The molecule has 3 aromatic rings. The molecule has 33 heavy (non-hydrogen) atoms. The zero-order valence-corrected chi connectivity index (χ0v) is 20.0. The molecule has 1 N–H and O–H groups in total.